The molecular weight excluding hydrogens is 354 g/mol. The van der Waals surface area contributed by atoms with E-state index in [0.29, 0.717) is 13.0 Å². The minimum atomic E-state index is -3.64. The summed E-state index contributed by atoms with van der Waals surface area (Å²) in [6, 6.07) is 4.74. The van der Waals surface area contributed by atoms with Crippen molar-refractivity contribution >= 4 is 10.0 Å². The van der Waals surface area contributed by atoms with Crippen LogP contribution >= 0.6 is 0 Å². The number of hydrogen-bond acceptors (Lipinski definition) is 5. The Morgan fingerprint density at radius 3 is 3.00 bits per heavy atom. The number of rotatable bonds is 5. The fourth-order valence-electron chi connectivity index (χ4n) is 3.57. The normalized spacial score (nSPS) is 25.2. The second-order valence-electron chi connectivity index (χ2n) is 6.84. The van der Waals surface area contributed by atoms with Crippen molar-refractivity contribution in [3.05, 3.63) is 41.7 Å². The van der Waals surface area contributed by atoms with E-state index < -0.39 is 10.0 Å². The molecular formula is C18H23N3O4S. The number of nitrogens with one attached hydrogen (secondary N) is 1. The van der Waals surface area contributed by atoms with Crippen LogP contribution in [0.25, 0.3) is 0 Å². The third-order valence-corrected chi connectivity index (χ3v) is 6.37. The van der Waals surface area contributed by atoms with E-state index in [1.807, 2.05) is 24.7 Å². The lowest BCUT2D eigenvalue weighted by molar-refractivity contribution is 0.102. The van der Waals surface area contributed by atoms with Gasteiger partial charge >= 0.3 is 0 Å². The maximum Gasteiger partial charge on any atom is 0.240 e. The first-order chi connectivity index (χ1) is 12.5. The number of benzene rings is 1. The maximum atomic E-state index is 12.9. The molecule has 2 aliphatic rings. The number of ether oxygens (including phenoxy) is 2. The van der Waals surface area contributed by atoms with E-state index in [1.54, 1.807) is 24.4 Å². The van der Waals surface area contributed by atoms with Crippen molar-refractivity contribution in [2.75, 3.05) is 6.61 Å². The Morgan fingerprint density at radius 1 is 1.38 bits per heavy atom. The topological polar surface area (TPSA) is 82.5 Å². The van der Waals surface area contributed by atoms with Crippen LogP contribution in [-0.2, 0) is 27.7 Å². The van der Waals surface area contributed by atoms with E-state index >= 15 is 0 Å². The summed E-state index contributed by atoms with van der Waals surface area (Å²) >= 11 is 0. The summed E-state index contributed by atoms with van der Waals surface area (Å²) in [6.45, 7) is 5.26. The van der Waals surface area contributed by atoms with E-state index in [4.69, 9.17) is 9.47 Å². The van der Waals surface area contributed by atoms with Gasteiger partial charge in [-0.3, -0.25) is 4.68 Å². The Morgan fingerprint density at radius 2 is 2.23 bits per heavy atom. The van der Waals surface area contributed by atoms with Gasteiger partial charge in [0.25, 0.3) is 0 Å². The first-order valence-corrected chi connectivity index (χ1v) is 10.4. The van der Waals surface area contributed by atoms with Gasteiger partial charge < -0.3 is 9.47 Å². The summed E-state index contributed by atoms with van der Waals surface area (Å²) in [5.74, 6) is 0.769. The molecule has 1 saturated heterocycles. The summed E-state index contributed by atoms with van der Waals surface area (Å²) in [7, 11) is -3.64. The first kappa shape index (κ1) is 17.5. The molecule has 0 unspecified atom stereocenters. The molecule has 140 valence electrons. The predicted molar refractivity (Wildman–Crippen MR) is 95.6 cm³/mol. The molecule has 1 aromatic carbocycles. The Hall–Kier alpha value is -1.90. The highest BCUT2D eigenvalue weighted by Gasteiger charge is 2.34. The van der Waals surface area contributed by atoms with Gasteiger partial charge in [-0.1, -0.05) is 0 Å². The second kappa shape index (κ2) is 6.68. The number of fused-ring (bicyclic) bond motifs is 1. The number of hydrogen-bond donors (Lipinski definition) is 1. The fraction of sp³-hybridized carbons (Fsp3) is 0.500. The maximum absolute atomic E-state index is 12.9. The Balaban J connectivity index is 1.54. The van der Waals surface area contributed by atoms with Gasteiger partial charge in [-0.05, 0) is 44.0 Å². The van der Waals surface area contributed by atoms with Crippen molar-refractivity contribution in [2.24, 2.45) is 0 Å². The van der Waals surface area contributed by atoms with E-state index in [1.165, 1.54) is 0 Å². The molecule has 0 aliphatic carbocycles. The van der Waals surface area contributed by atoms with Crippen molar-refractivity contribution in [3.8, 4) is 5.75 Å². The van der Waals surface area contributed by atoms with Crippen LogP contribution < -0.4 is 9.46 Å². The molecule has 4 rings (SSSR count). The predicted octanol–water partition coefficient (Wildman–Crippen LogP) is 2.03. The smallest absolute Gasteiger partial charge is 0.240 e. The molecule has 3 heterocycles. The third kappa shape index (κ3) is 3.24. The number of aromatic nitrogens is 2. The van der Waals surface area contributed by atoms with Gasteiger partial charge in [0.2, 0.25) is 10.0 Å². The molecule has 1 N–H and O–H groups in total. The van der Waals surface area contributed by atoms with Crippen LogP contribution in [0.15, 0.2) is 35.5 Å². The summed E-state index contributed by atoms with van der Waals surface area (Å²) in [4.78, 5) is 0.267. The SMILES string of the molecule is CCn1cc([C@H]2OCC[C@@H]2NS(=O)(=O)c2ccc3c(c2)C[C@H](C)O3)cn1. The van der Waals surface area contributed by atoms with Crippen LogP contribution in [0.5, 0.6) is 5.75 Å². The average Bonchev–Trinajstić information content (AvgIpc) is 3.31. The molecule has 1 aromatic heterocycles. The highest BCUT2D eigenvalue weighted by molar-refractivity contribution is 7.89. The third-order valence-electron chi connectivity index (χ3n) is 4.88. The molecule has 0 radical (unpaired) electrons. The van der Waals surface area contributed by atoms with E-state index in [0.717, 1.165) is 29.8 Å². The molecule has 1 fully saturated rings. The summed E-state index contributed by atoms with van der Waals surface area (Å²) in [5, 5.41) is 4.26. The summed E-state index contributed by atoms with van der Waals surface area (Å²) in [5.41, 5.74) is 1.83. The van der Waals surface area contributed by atoms with Gasteiger partial charge in [0.1, 0.15) is 18.0 Å². The van der Waals surface area contributed by atoms with Crippen LogP contribution in [0, 0.1) is 0 Å². The first-order valence-electron chi connectivity index (χ1n) is 8.92. The lowest BCUT2D eigenvalue weighted by Gasteiger charge is -2.19. The minimum absolute atomic E-state index is 0.0821. The van der Waals surface area contributed by atoms with Gasteiger partial charge in [0.15, 0.2) is 0 Å². The van der Waals surface area contributed by atoms with Crippen LogP contribution in [0.2, 0.25) is 0 Å². The lowest BCUT2D eigenvalue weighted by Crippen LogP contribution is -2.36. The van der Waals surface area contributed by atoms with Crippen LogP contribution in [0.4, 0.5) is 0 Å². The lowest BCUT2D eigenvalue weighted by atomic mass is 10.1. The van der Waals surface area contributed by atoms with Crippen molar-refractivity contribution in [3.63, 3.8) is 0 Å². The Labute approximate surface area is 153 Å². The molecule has 8 heteroatoms. The number of sulfonamides is 1. The van der Waals surface area contributed by atoms with Gasteiger partial charge in [0, 0.05) is 31.3 Å². The van der Waals surface area contributed by atoms with Crippen LogP contribution in [0.3, 0.4) is 0 Å². The molecule has 2 aromatic rings. The van der Waals surface area contributed by atoms with Gasteiger partial charge in [-0.25, -0.2) is 13.1 Å². The fourth-order valence-corrected chi connectivity index (χ4v) is 4.89. The molecule has 0 amide bonds. The quantitative estimate of drug-likeness (QED) is 0.862. The summed E-state index contributed by atoms with van der Waals surface area (Å²) < 4.78 is 41.8. The number of nitrogens with zero attached hydrogens (tertiary/aromatic N) is 2. The molecule has 0 bridgehead atoms. The molecule has 26 heavy (non-hydrogen) atoms. The van der Waals surface area contributed by atoms with E-state index in [9.17, 15) is 8.42 Å². The standard InChI is InChI=1S/C18H23N3O4S/c1-3-21-11-14(10-19-21)18-16(6-7-24-18)20-26(22,23)15-4-5-17-13(9-15)8-12(2)25-17/h4-5,9-12,16,18,20H,3,6-8H2,1-2H3/t12-,16-,18+/m0/s1. The van der Waals surface area contributed by atoms with Crippen molar-refractivity contribution in [1.82, 2.24) is 14.5 Å². The zero-order valence-electron chi connectivity index (χ0n) is 14.9. The highest BCUT2D eigenvalue weighted by Crippen LogP contribution is 2.33. The largest absolute Gasteiger partial charge is 0.490 e. The van der Waals surface area contributed by atoms with Gasteiger partial charge in [-0.2, -0.15) is 5.10 Å². The van der Waals surface area contributed by atoms with Crippen LogP contribution in [-0.4, -0.2) is 37.0 Å². The zero-order chi connectivity index (χ0) is 18.3. The molecule has 0 spiro atoms. The molecule has 0 saturated carbocycles. The molecule has 3 atom stereocenters. The highest BCUT2D eigenvalue weighted by atomic mass is 32.2. The second-order valence-corrected chi connectivity index (χ2v) is 8.55. The Kier molecular flexibility index (Phi) is 4.50. The molecule has 2 aliphatic heterocycles. The van der Waals surface area contributed by atoms with Gasteiger partial charge in [0.05, 0.1) is 17.1 Å². The van der Waals surface area contributed by atoms with Crippen molar-refractivity contribution in [2.45, 2.75) is 56.4 Å². The zero-order valence-corrected chi connectivity index (χ0v) is 15.7. The minimum Gasteiger partial charge on any atom is -0.490 e. The average molecular weight is 377 g/mol. The number of aryl methyl sites for hydroxylation is 1. The summed E-state index contributed by atoms with van der Waals surface area (Å²) in [6.07, 6.45) is 4.78. The van der Waals surface area contributed by atoms with E-state index in [2.05, 4.69) is 9.82 Å². The van der Waals surface area contributed by atoms with Crippen LogP contribution in [0.1, 0.15) is 37.5 Å². The van der Waals surface area contributed by atoms with E-state index in [-0.39, 0.29) is 23.1 Å². The van der Waals surface area contributed by atoms with Crippen molar-refractivity contribution < 1.29 is 17.9 Å². The molecule has 7 nitrogen and oxygen atoms in total. The Bertz CT molecular complexity index is 909. The van der Waals surface area contributed by atoms with Gasteiger partial charge in [-0.15, -0.1) is 0 Å². The monoisotopic (exact) mass is 377 g/mol. The van der Waals surface area contributed by atoms with Crippen molar-refractivity contribution in [1.29, 1.82) is 0 Å².